The fourth-order valence-corrected chi connectivity index (χ4v) is 2.62. The van der Waals surface area contributed by atoms with Crippen LogP contribution in [0.25, 0.3) is 0 Å². The Morgan fingerprint density at radius 2 is 1.87 bits per heavy atom. The molecule has 2 aromatic heterocycles. The quantitative estimate of drug-likeness (QED) is 0.524. The van der Waals surface area contributed by atoms with Crippen LogP contribution in [0.15, 0.2) is 48.7 Å². The molecule has 0 saturated heterocycles. The van der Waals surface area contributed by atoms with E-state index in [1.54, 1.807) is 0 Å². The standard InChI is InChI=1S/C19H13F5N4O3/c20-10-2-1-7-26-16(10)15(28-18(30)12-4-5-13(29)17(25)27-12)9-3-6-14(11(21)8-9)31-19(22,23)24/h1-8,15,29H,(H2,25,27)(H,28,30)/t15-/m0/s1. The average Bonchev–Trinajstić information content (AvgIpc) is 2.69. The molecule has 0 aliphatic carbocycles. The zero-order chi connectivity index (χ0) is 22.8. The van der Waals surface area contributed by atoms with Crippen molar-refractivity contribution in [2.75, 3.05) is 5.73 Å². The molecule has 4 N–H and O–H groups in total. The second kappa shape index (κ2) is 8.42. The number of hydrogen-bond acceptors (Lipinski definition) is 6. The summed E-state index contributed by atoms with van der Waals surface area (Å²) >= 11 is 0. The molecule has 0 aliphatic heterocycles. The Morgan fingerprint density at radius 3 is 2.48 bits per heavy atom. The number of nitrogens with zero attached hydrogens (tertiary/aromatic N) is 2. The summed E-state index contributed by atoms with van der Waals surface area (Å²) in [6.45, 7) is 0. The highest BCUT2D eigenvalue weighted by Crippen LogP contribution is 2.30. The van der Waals surface area contributed by atoms with E-state index in [4.69, 9.17) is 5.73 Å². The second-order valence-electron chi connectivity index (χ2n) is 6.12. The lowest BCUT2D eigenvalue weighted by Gasteiger charge is -2.20. The lowest BCUT2D eigenvalue weighted by Crippen LogP contribution is -2.31. The molecule has 0 bridgehead atoms. The number of nitrogens with one attached hydrogen (secondary N) is 1. The maximum atomic E-state index is 14.3. The number of hydrogen-bond donors (Lipinski definition) is 3. The summed E-state index contributed by atoms with van der Waals surface area (Å²) < 4.78 is 69.3. The van der Waals surface area contributed by atoms with Crippen LogP contribution < -0.4 is 15.8 Å². The molecule has 1 amide bonds. The van der Waals surface area contributed by atoms with Gasteiger partial charge >= 0.3 is 6.36 Å². The average molecular weight is 440 g/mol. The molecule has 31 heavy (non-hydrogen) atoms. The number of amides is 1. The summed E-state index contributed by atoms with van der Waals surface area (Å²) in [6.07, 6.45) is -3.90. The molecule has 0 spiro atoms. The molecule has 162 valence electrons. The van der Waals surface area contributed by atoms with Gasteiger partial charge in [-0.05, 0) is 42.0 Å². The van der Waals surface area contributed by atoms with Crippen molar-refractivity contribution >= 4 is 11.7 Å². The summed E-state index contributed by atoms with van der Waals surface area (Å²) in [7, 11) is 0. The van der Waals surface area contributed by atoms with Gasteiger partial charge in [-0.2, -0.15) is 0 Å². The highest BCUT2D eigenvalue weighted by molar-refractivity contribution is 5.93. The van der Waals surface area contributed by atoms with Crippen molar-refractivity contribution in [1.29, 1.82) is 0 Å². The number of aromatic nitrogens is 2. The molecular weight excluding hydrogens is 427 g/mol. The number of alkyl halides is 3. The molecule has 1 atom stereocenters. The number of ether oxygens (including phenoxy) is 1. The van der Waals surface area contributed by atoms with E-state index >= 15 is 0 Å². The normalized spacial score (nSPS) is 12.3. The molecule has 3 aromatic rings. The SMILES string of the molecule is Nc1nc(C(=O)N[C@@H](c2ccc(OC(F)(F)F)c(F)c2)c2ncccc2F)ccc1O. The number of pyridine rings is 2. The Bertz CT molecular complexity index is 1120. The summed E-state index contributed by atoms with van der Waals surface area (Å²) in [5.74, 6) is -4.95. The number of aromatic hydroxyl groups is 1. The van der Waals surface area contributed by atoms with E-state index in [2.05, 4.69) is 20.0 Å². The van der Waals surface area contributed by atoms with Crippen LogP contribution >= 0.6 is 0 Å². The Labute approximate surface area is 171 Å². The summed E-state index contributed by atoms with van der Waals surface area (Å²) in [4.78, 5) is 20.1. The van der Waals surface area contributed by atoms with E-state index in [9.17, 15) is 31.9 Å². The molecule has 2 heterocycles. The van der Waals surface area contributed by atoms with E-state index in [0.29, 0.717) is 12.1 Å². The van der Waals surface area contributed by atoms with Gasteiger partial charge < -0.3 is 20.9 Å². The van der Waals surface area contributed by atoms with Gasteiger partial charge in [0.2, 0.25) is 0 Å². The Morgan fingerprint density at radius 1 is 1.13 bits per heavy atom. The predicted molar refractivity (Wildman–Crippen MR) is 96.9 cm³/mol. The van der Waals surface area contributed by atoms with E-state index in [1.807, 2.05) is 0 Å². The largest absolute Gasteiger partial charge is 0.573 e. The third-order valence-electron chi connectivity index (χ3n) is 3.99. The van der Waals surface area contributed by atoms with Crippen molar-refractivity contribution in [1.82, 2.24) is 15.3 Å². The van der Waals surface area contributed by atoms with Crippen molar-refractivity contribution in [3.05, 3.63) is 77.2 Å². The zero-order valence-corrected chi connectivity index (χ0v) is 15.3. The highest BCUT2D eigenvalue weighted by Gasteiger charge is 2.33. The van der Waals surface area contributed by atoms with Gasteiger partial charge in [-0.25, -0.2) is 13.8 Å². The van der Waals surface area contributed by atoms with Gasteiger partial charge in [0.05, 0.1) is 6.04 Å². The number of rotatable bonds is 5. The number of carbonyl (C=O) groups excluding carboxylic acids is 1. The molecule has 0 aliphatic rings. The van der Waals surface area contributed by atoms with Crippen molar-refractivity contribution < 1.29 is 36.6 Å². The topological polar surface area (TPSA) is 110 Å². The summed E-state index contributed by atoms with van der Waals surface area (Å²) in [6, 6.07) is 5.51. The minimum absolute atomic E-state index is 0.121. The molecule has 3 rings (SSSR count). The minimum Gasteiger partial charge on any atom is -0.504 e. The van der Waals surface area contributed by atoms with Crippen molar-refractivity contribution in [3.8, 4) is 11.5 Å². The molecule has 7 nitrogen and oxygen atoms in total. The van der Waals surface area contributed by atoms with E-state index < -0.39 is 35.7 Å². The number of carbonyl (C=O) groups is 1. The Balaban J connectivity index is 1.99. The van der Waals surface area contributed by atoms with Crippen LogP contribution in [0.3, 0.4) is 0 Å². The van der Waals surface area contributed by atoms with Crippen molar-refractivity contribution in [2.45, 2.75) is 12.4 Å². The zero-order valence-electron chi connectivity index (χ0n) is 15.3. The van der Waals surface area contributed by atoms with Crippen molar-refractivity contribution in [3.63, 3.8) is 0 Å². The van der Waals surface area contributed by atoms with E-state index in [-0.39, 0.29) is 28.5 Å². The molecule has 12 heteroatoms. The molecular formula is C19H13F5N4O3. The van der Waals surface area contributed by atoms with Crippen molar-refractivity contribution in [2.24, 2.45) is 0 Å². The fourth-order valence-electron chi connectivity index (χ4n) is 2.62. The second-order valence-corrected chi connectivity index (χ2v) is 6.12. The van der Waals surface area contributed by atoms with Gasteiger partial charge in [0.25, 0.3) is 5.91 Å². The van der Waals surface area contributed by atoms with Crippen LogP contribution in [0.4, 0.5) is 27.8 Å². The maximum absolute atomic E-state index is 14.3. The lowest BCUT2D eigenvalue weighted by molar-refractivity contribution is -0.275. The lowest BCUT2D eigenvalue weighted by atomic mass is 10.0. The summed E-state index contributed by atoms with van der Waals surface area (Å²) in [5.41, 5.74) is 4.75. The van der Waals surface area contributed by atoms with Crippen LogP contribution in [0.1, 0.15) is 27.8 Å². The number of halogens is 5. The third kappa shape index (κ3) is 5.15. The minimum atomic E-state index is -5.12. The Hall–Kier alpha value is -3.96. The fraction of sp³-hybridized carbons (Fsp3) is 0.105. The van der Waals surface area contributed by atoms with Crippen LogP contribution in [0.2, 0.25) is 0 Å². The first-order valence-electron chi connectivity index (χ1n) is 8.47. The van der Waals surface area contributed by atoms with Crippen LogP contribution in [-0.2, 0) is 0 Å². The first kappa shape index (κ1) is 21.7. The van der Waals surface area contributed by atoms with Crippen LogP contribution in [0, 0.1) is 11.6 Å². The monoisotopic (exact) mass is 440 g/mol. The van der Waals surface area contributed by atoms with E-state index in [1.165, 1.54) is 12.3 Å². The molecule has 0 radical (unpaired) electrons. The van der Waals surface area contributed by atoms with E-state index in [0.717, 1.165) is 24.3 Å². The maximum Gasteiger partial charge on any atom is 0.573 e. The number of anilines is 1. The third-order valence-corrected chi connectivity index (χ3v) is 3.99. The van der Waals surface area contributed by atoms with Gasteiger partial charge in [0.1, 0.15) is 17.2 Å². The molecule has 0 fully saturated rings. The van der Waals surface area contributed by atoms with Crippen LogP contribution in [-0.4, -0.2) is 27.3 Å². The first-order chi connectivity index (χ1) is 14.5. The van der Waals surface area contributed by atoms with Gasteiger partial charge in [-0.3, -0.25) is 9.78 Å². The Kier molecular flexibility index (Phi) is 5.90. The number of benzene rings is 1. The van der Waals surface area contributed by atoms with Crippen LogP contribution in [0.5, 0.6) is 11.5 Å². The first-order valence-corrected chi connectivity index (χ1v) is 8.47. The van der Waals surface area contributed by atoms with Gasteiger partial charge in [0, 0.05) is 6.20 Å². The molecule has 1 aromatic carbocycles. The molecule has 0 saturated carbocycles. The smallest absolute Gasteiger partial charge is 0.504 e. The highest BCUT2D eigenvalue weighted by atomic mass is 19.4. The summed E-state index contributed by atoms with van der Waals surface area (Å²) in [5, 5.41) is 11.8. The van der Waals surface area contributed by atoms with Gasteiger partial charge in [-0.15, -0.1) is 13.2 Å². The van der Waals surface area contributed by atoms with Gasteiger partial charge in [-0.1, -0.05) is 6.07 Å². The molecule has 0 unspecified atom stereocenters. The predicted octanol–water partition coefficient (Wildman–Crippen LogP) is 3.46. The number of nitrogen functional groups attached to an aromatic ring is 1. The number of nitrogens with two attached hydrogens (primary N) is 1. The van der Waals surface area contributed by atoms with Gasteiger partial charge in [0.15, 0.2) is 23.1 Å².